The Morgan fingerprint density at radius 3 is 2.65 bits per heavy atom. The Balaban J connectivity index is 2.15. The molecule has 0 fully saturated rings. The second kappa shape index (κ2) is 6.19. The van der Waals surface area contributed by atoms with Crippen molar-refractivity contribution in [2.24, 2.45) is 0 Å². The van der Waals surface area contributed by atoms with Gasteiger partial charge in [-0.3, -0.25) is 9.78 Å². The zero-order valence-electron chi connectivity index (χ0n) is 12.0. The predicted octanol–water partition coefficient (Wildman–Crippen LogP) is 3.46. The summed E-state index contributed by atoms with van der Waals surface area (Å²) in [7, 11) is 0. The molecule has 1 amide bonds. The van der Waals surface area contributed by atoms with E-state index in [-0.39, 0.29) is 5.91 Å². The van der Waals surface area contributed by atoms with Gasteiger partial charge in [0.25, 0.3) is 5.91 Å². The number of anilines is 2. The molecule has 0 aliphatic rings. The van der Waals surface area contributed by atoms with Gasteiger partial charge >= 0.3 is 0 Å². The quantitative estimate of drug-likeness (QED) is 0.893. The predicted molar refractivity (Wildman–Crippen MR) is 82.1 cm³/mol. The Bertz CT molecular complexity index is 608. The maximum absolute atomic E-state index is 12.2. The monoisotopic (exact) mass is 269 g/mol. The zero-order valence-corrected chi connectivity index (χ0v) is 12.0. The zero-order chi connectivity index (χ0) is 14.5. The van der Waals surface area contributed by atoms with Crippen molar-refractivity contribution in [3.05, 3.63) is 53.9 Å². The minimum Gasteiger partial charge on any atom is -0.383 e. The van der Waals surface area contributed by atoms with E-state index in [0.717, 1.165) is 16.9 Å². The normalized spacial score (nSPS) is 10.4. The van der Waals surface area contributed by atoms with Gasteiger partial charge in [0.2, 0.25) is 0 Å². The molecule has 0 unspecified atom stereocenters. The number of hydrogen-bond acceptors (Lipinski definition) is 3. The van der Waals surface area contributed by atoms with Crippen LogP contribution in [0.3, 0.4) is 0 Å². The van der Waals surface area contributed by atoms with E-state index in [4.69, 9.17) is 0 Å². The van der Waals surface area contributed by atoms with Gasteiger partial charge < -0.3 is 10.6 Å². The van der Waals surface area contributed by atoms with Crippen molar-refractivity contribution < 1.29 is 4.79 Å². The third-order valence-corrected chi connectivity index (χ3v) is 2.84. The third-order valence-electron chi connectivity index (χ3n) is 2.84. The molecule has 2 N–H and O–H groups in total. The lowest BCUT2D eigenvalue weighted by Crippen LogP contribution is -2.16. The standard InChI is InChI=1S/C16H19N3O/c1-11(2)18-13-8-9-17-15(10-13)16(20)19-14-7-5-4-6-12(14)3/h4-11H,1-3H3,(H,17,18)(H,19,20). The highest BCUT2D eigenvalue weighted by Gasteiger charge is 2.09. The molecule has 0 spiro atoms. The minimum absolute atomic E-state index is 0.202. The summed E-state index contributed by atoms with van der Waals surface area (Å²) < 4.78 is 0. The number of aryl methyl sites for hydroxylation is 1. The molecule has 1 aromatic carbocycles. The van der Waals surface area contributed by atoms with Gasteiger partial charge in [0, 0.05) is 23.6 Å². The summed E-state index contributed by atoms with van der Waals surface area (Å²) in [5.41, 5.74) is 3.13. The first-order valence-electron chi connectivity index (χ1n) is 6.66. The molecule has 0 saturated carbocycles. The number of nitrogens with zero attached hydrogens (tertiary/aromatic N) is 1. The summed E-state index contributed by atoms with van der Waals surface area (Å²) in [6.07, 6.45) is 1.64. The SMILES string of the molecule is Cc1ccccc1NC(=O)c1cc(NC(C)C)ccn1. The number of carbonyl (C=O) groups excluding carboxylic acids is 1. The maximum Gasteiger partial charge on any atom is 0.274 e. The molecular formula is C16H19N3O. The van der Waals surface area contributed by atoms with E-state index in [0.29, 0.717) is 11.7 Å². The molecular weight excluding hydrogens is 250 g/mol. The third kappa shape index (κ3) is 3.57. The topological polar surface area (TPSA) is 54.0 Å². The van der Waals surface area contributed by atoms with Crippen molar-refractivity contribution in [2.45, 2.75) is 26.8 Å². The van der Waals surface area contributed by atoms with Crippen LogP contribution in [-0.2, 0) is 0 Å². The van der Waals surface area contributed by atoms with Gasteiger partial charge in [-0.05, 0) is 44.5 Å². The lowest BCUT2D eigenvalue weighted by atomic mass is 10.2. The van der Waals surface area contributed by atoms with Crippen LogP contribution in [0.4, 0.5) is 11.4 Å². The fraction of sp³-hybridized carbons (Fsp3) is 0.250. The molecule has 20 heavy (non-hydrogen) atoms. The van der Waals surface area contributed by atoms with Crippen LogP contribution in [0.1, 0.15) is 29.9 Å². The number of benzene rings is 1. The lowest BCUT2D eigenvalue weighted by Gasteiger charge is -2.11. The number of carbonyl (C=O) groups is 1. The summed E-state index contributed by atoms with van der Waals surface area (Å²) in [5, 5.41) is 6.13. The highest BCUT2D eigenvalue weighted by molar-refractivity contribution is 6.03. The minimum atomic E-state index is -0.202. The molecule has 0 atom stereocenters. The summed E-state index contributed by atoms with van der Waals surface area (Å²) in [6, 6.07) is 11.6. The van der Waals surface area contributed by atoms with E-state index in [1.165, 1.54) is 0 Å². The van der Waals surface area contributed by atoms with Gasteiger partial charge in [0.15, 0.2) is 0 Å². The molecule has 2 aromatic rings. The highest BCUT2D eigenvalue weighted by Crippen LogP contribution is 2.15. The average Bonchev–Trinajstić information content (AvgIpc) is 2.41. The Hall–Kier alpha value is -2.36. The molecule has 0 aliphatic heterocycles. The van der Waals surface area contributed by atoms with E-state index in [1.54, 1.807) is 12.3 Å². The molecule has 0 saturated heterocycles. The van der Waals surface area contributed by atoms with Crippen LogP contribution in [-0.4, -0.2) is 16.9 Å². The second-order valence-electron chi connectivity index (χ2n) is 5.00. The van der Waals surface area contributed by atoms with Gasteiger partial charge in [-0.25, -0.2) is 0 Å². The number of rotatable bonds is 4. The van der Waals surface area contributed by atoms with Crippen molar-refractivity contribution in [1.29, 1.82) is 0 Å². The van der Waals surface area contributed by atoms with E-state index in [9.17, 15) is 4.79 Å². The molecule has 0 bridgehead atoms. The number of hydrogen-bond donors (Lipinski definition) is 2. The summed E-state index contributed by atoms with van der Waals surface area (Å²) in [4.78, 5) is 16.3. The van der Waals surface area contributed by atoms with E-state index in [2.05, 4.69) is 15.6 Å². The van der Waals surface area contributed by atoms with Crippen LogP contribution < -0.4 is 10.6 Å². The number of aromatic nitrogens is 1. The first kappa shape index (κ1) is 14.1. The summed E-state index contributed by atoms with van der Waals surface area (Å²) >= 11 is 0. The summed E-state index contributed by atoms with van der Waals surface area (Å²) in [6.45, 7) is 6.06. The van der Waals surface area contributed by atoms with Crippen molar-refractivity contribution in [2.75, 3.05) is 10.6 Å². The smallest absolute Gasteiger partial charge is 0.274 e. The van der Waals surface area contributed by atoms with Gasteiger partial charge in [0.05, 0.1) is 0 Å². The number of para-hydroxylation sites is 1. The largest absolute Gasteiger partial charge is 0.383 e. The lowest BCUT2D eigenvalue weighted by molar-refractivity contribution is 0.102. The first-order chi connectivity index (χ1) is 9.56. The average molecular weight is 269 g/mol. The van der Waals surface area contributed by atoms with Crippen molar-refractivity contribution >= 4 is 17.3 Å². The van der Waals surface area contributed by atoms with Crippen LogP contribution in [0, 0.1) is 6.92 Å². The van der Waals surface area contributed by atoms with Crippen LogP contribution in [0.25, 0.3) is 0 Å². The number of nitrogens with one attached hydrogen (secondary N) is 2. The van der Waals surface area contributed by atoms with Crippen molar-refractivity contribution in [3.8, 4) is 0 Å². The summed E-state index contributed by atoms with van der Waals surface area (Å²) in [5.74, 6) is -0.202. The fourth-order valence-electron chi connectivity index (χ4n) is 1.88. The van der Waals surface area contributed by atoms with Gasteiger partial charge in [-0.15, -0.1) is 0 Å². The fourth-order valence-corrected chi connectivity index (χ4v) is 1.88. The van der Waals surface area contributed by atoms with Crippen LogP contribution in [0.15, 0.2) is 42.6 Å². The molecule has 1 aromatic heterocycles. The second-order valence-corrected chi connectivity index (χ2v) is 5.00. The van der Waals surface area contributed by atoms with E-state index in [1.807, 2.05) is 51.1 Å². The Morgan fingerprint density at radius 1 is 1.20 bits per heavy atom. The van der Waals surface area contributed by atoms with Gasteiger partial charge in [0.1, 0.15) is 5.69 Å². The molecule has 104 valence electrons. The molecule has 0 radical (unpaired) electrons. The van der Waals surface area contributed by atoms with Gasteiger partial charge in [-0.2, -0.15) is 0 Å². The maximum atomic E-state index is 12.2. The Labute approximate surface area is 119 Å². The molecule has 4 nitrogen and oxygen atoms in total. The first-order valence-corrected chi connectivity index (χ1v) is 6.66. The van der Waals surface area contributed by atoms with Crippen molar-refractivity contribution in [1.82, 2.24) is 4.98 Å². The van der Waals surface area contributed by atoms with E-state index >= 15 is 0 Å². The van der Waals surface area contributed by atoms with Crippen LogP contribution >= 0.6 is 0 Å². The molecule has 1 heterocycles. The van der Waals surface area contributed by atoms with E-state index < -0.39 is 0 Å². The Morgan fingerprint density at radius 2 is 1.95 bits per heavy atom. The van der Waals surface area contributed by atoms with Crippen molar-refractivity contribution in [3.63, 3.8) is 0 Å². The molecule has 2 rings (SSSR count). The molecule has 0 aliphatic carbocycles. The molecule has 4 heteroatoms. The number of amides is 1. The number of pyridine rings is 1. The van der Waals surface area contributed by atoms with Crippen LogP contribution in [0.5, 0.6) is 0 Å². The Kier molecular flexibility index (Phi) is 4.35. The van der Waals surface area contributed by atoms with Crippen LogP contribution in [0.2, 0.25) is 0 Å². The highest BCUT2D eigenvalue weighted by atomic mass is 16.1. The van der Waals surface area contributed by atoms with Gasteiger partial charge in [-0.1, -0.05) is 18.2 Å².